The van der Waals surface area contributed by atoms with Crippen molar-refractivity contribution in [2.45, 2.75) is 44.2 Å². The first-order valence-electron chi connectivity index (χ1n) is 8.26. The average Bonchev–Trinajstić information content (AvgIpc) is 3.08. The number of likely N-dealkylation sites (tertiary alicyclic amines) is 1. The Labute approximate surface area is 137 Å². The lowest BCUT2D eigenvalue weighted by molar-refractivity contribution is -0.148. The normalized spacial score (nSPS) is 27.4. The van der Waals surface area contributed by atoms with E-state index in [2.05, 4.69) is 11.0 Å². The topological polar surface area (TPSA) is 48.0 Å². The van der Waals surface area contributed by atoms with E-state index in [4.69, 9.17) is 14.2 Å². The predicted molar refractivity (Wildman–Crippen MR) is 87.0 cm³/mol. The van der Waals surface area contributed by atoms with E-state index in [0.717, 1.165) is 50.3 Å². The van der Waals surface area contributed by atoms with Crippen LogP contribution in [0.2, 0.25) is 0 Å². The highest BCUT2D eigenvalue weighted by molar-refractivity contribution is 5.83. The van der Waals surface area contributed by atoms with Crippen molar-refractivity contribution in [3.63, 3.8) is 0 Å². The molecule has 2 fully saturated rings. The van der Waals surface area contributed by atoms with Gasteiger partial charge in [0.1, 0.15) is 11.6 Å². The molecule has 1 aromatic carbocycles. The minimum Gasteiger partial charge on any atom is -0.493 e. The van der Waals surface area contributed by atoms with E-state index in [0.29, 0.717) is 0 Å². The Bertz CT molecular complexity index is 588. The van der Waals surface area contributed by atoms with E-state index in [1.807, 2.05) is 19.1 Å². The lowest BCUT2D eigenvalue weighted by atomic mass is 9.92. The predicted octanol–water partition coefficient (Wildman–Crippen LogP) is 2.42. The molecule has 126 valence electrons. The summed E-state index contributed by atoms with van der Waals surface area (Å²) < 4.78 is 16.1. The van der Waals surface area contributed by atoms with Crippen molar-refractivity contribution in [2.24, 2.45) is 0 Å². The molecule has 2 unspecified atom stereocenters. The highest BCUT2D eigenvalue weighted by Gasteiger charge is 2.53. The number of nitrogens with zero attached hydrogens (tertiary/aromatic N) is 1. The first kappa shape index (κ1) is 16.1. The SMILES string of the molecule is COc1ccc(CCN2CCCC23CC(C)OC3=O)cc1OC. The van der Waals surface area contributed by atoms with Crippen LogP contribution in [0.5, 0.6) is 11.5 Å². The van der Waals surface area contributed by atoms with Crippen molar-refractivity contribution in [1.29, 1.82) is 0 Å². The summed E-state index contributed by atoms with van der Waals surface area (Å²) in [5, 5.41) is 0. The van der Waals surface area contributed by atoms with Crippen LogP contribution in [0.4, 0.5) is 0 Å². The summed E-state index contributed by atoms with van der Waals surface area (Å²) in [5.41, 5.74) is 0.805. The van der Waals surface area contributed by atoms with Gasteiger partial charge in [-0.2, -0.15) is 0 Å². The van der Waals surface area contributed by atoms with Crippen LogP contribution >= 0.6 is 0 Å². The van der Waals surface area contributed by atoms with Gasteiger partial charge in [-0.3, -0.25) is 9.69 Å². The second-order valence-electron chi connectivity index (χ2n) is 6.48. The van der Waals surface area contributed by atoms with Crippen molar-refractivity contribution >= 4 is 5.97 Å². The molecule has 1 aromatic rings. The molecule has 0 aromatic heterocycles. The fourth-order valence-corrected chi connectivity index (χ4v) is 3.92. The Hall–Kier alpha value is -1.75. The van der Waals surface area contributed by atoms with E-state index in [9.17, 15) is 4.79 Å². The number of ether oxygens (including phenoxy) is 3. The number of cyclic esters (lactones) is 1. The van der Waals surface area contributed by atoms with Crippen LogP contribution in [-0.4, -0.2) is 49.8 Å². The second-order valence-corrected chi connectivity index (χ2v) is 6.48. The van der Waals surface area contributed by atoms with Crippen molar-refractivity contribution in [3.8, 4) is 11.5 Å². The van der Waals surface area contributed by atoms with Gasteiger partial charge in [-0.1, -0.05) is 6.07 Å². The van der Waals surface area contributed by atoms with Crippen molar-refractivity contribution in [3.05, 3.63) is 23.8 Å². The number of carbonyl (C=O) groups is 1. The fraction of sp³-hybridized carbons (Fsp3) is 0.611. The van der Waals surface area contributed by atoms with E-state index in [1.54, 1.807) is 14.2 Å². The summed E-state index contributed by atoms with van der Waals surface area (Å²) in [5.74, 6) is 1.45. The molecule has 3 rings (SSSR count). The van der Waals surface area contributed by atoms with Gasteiger partial charge in [0.05, 0.1) is 14.2 Å². The Morgan fingerprint density at radius 2 is 2.09 bits per heavy atom. The minimum absolute atomic E-state index is 0.0316. The van der Waals surface area contributed by atoms with Crippen LogP contribution in [0.25, 0.3) is 0 Å². The largest absolute Gasteiger partial charge is 0.493 e. The number of methoxy groups -OCH3 is 2. The lowest BCUT2D eigenvalue weighted by Gasteiger charge is -2.31. The zero-order valence-electron chi connectivity index (χ0n) is 14.1. The molecule has 5 nitrogen and oxygen atoms in total. The van der Waals surface area contributed by atoms with Crippen molar-refractivity contribution < 1.29 is 19.0 Å². The third-order valence-corrected chi connectivity index (χ3v) is 5.06. The summed E-state index contributed by atoms with van der Waals surface area (Å²) in [6.07, 6.45) is 3.71. The Morgan fingerprint density at radius 1 is 1.30 bits per heavy atom. The molecule has 0 bridgehead atoms. The van der Waals surface area contributed by atoms with Crippen LogP contribution in [0.15, 0.2) is 18.2 Å². The molecule has 2 atom stereocenters. The molecule has 0 amide bonds. The second kappa shape index (κ2) is 6.40. The summed E-state index contributed by atoms with van der Waals surface area (Å²) >= 11 is 0. The number of esters is 1. The van der Waals surface area contributed by atoms with Crippen LogP contribution in [0.1, 0.15) is 31.7 Å². The van der Waals surface area contributed by atoms with E-state index in [1.165, 1.54) is 5.56 Å². The van der Waals surface area contributed by atoms with Gasteiger partial charge in [0, 0.05) is 13.0 Å². The third-order valence-electron chi connectivity index (χ3n) is 5.06. The van der Waals surface area contributed by atoms with Gasteiger partial charge >= 0.3 is 5.97 Å². The molecule has 0 radical (unpaired) electrons. The van der Waals surface area contributed by atoms with E-state index in [-0.39, 0.29) is 17.6 Å². The first-order valence-corrected chi connectivity index (χ1v) is 8.26. The number of hydrogen-bond acceptors (Lipinski definition) is 5. The number of benzene rings is 1. The maximum absolute atomic E-state index is 12.3. The zero-order valence-corrected chi connectivity index (χ0v) is 14.1. The van der Waals surface area contributed by atoms with E-state index < -0.39 is 0 Å². The molecule has 0 N–H and O–H groups in total. The summed E-state index contributed by atoms with van der Waals surface area (Å²) in [7, 11) is 3.28. The number of rotatable bonds is 5. The molecule has 23 heavy (non-hydrogen) atoms. The van der Waals surface area contributed by atoms with Gasteiger partial charge in [-0.05, 0) is 50.4 Å². The molecule has 0 aliphatic carbocycles. The van der Waals surface area contributed by atoms with Gasteiger partial charge in [-0.15, -0.1) is 0 Å². The van der Waals surface area contributed by atoms with Gasteiger partial charge in [-0.25, -0.2) is 0 Å². The van der Waals surface area contributed by atoms with Gasteiger partial charge in [0.2, 0.25) is 0 Å². The summed E-state index contributed by atoms with van der Waals surface area (Å²) in [6.45, 7) is 3.81. The van der Waals surface area contributed by atoms with Gasteiger partial charge in [0.25, 0.3) is 0 Å². The van der Waals surface area contributed by atoms with E-state index >= 15 is 0 Å². The maximum Gasteiger partial charge on any atom is 0.326 e. The molecule has 2 aliphatic heterocycles. The molecule has 2 saturated heterocycles. The Morgan fingerprint density at radius 3 is 2.74 bits per heavy atom. The number of carbonyl (C=O) groups excluding carboxylic acids is 1. The summed E-state index contributed by atoms with van der Waals surface area (Å²) in [4.78, 5) is 14.6. The minimum atomic E-state index is -0.379. The van der Waals surface area contributed by atoms with Crippen LogP contribution < -0.4 is 9.47 Å². The molecule has 1 spiro atoms. The summed E-state index contributed by atoms with van der Waals surface area (Å²) in [6, 6.07) is 6.00. The highest BCUT2D eigenvalue weighted by atomic mass is 16.6. The Balaban J connectivity index is 1.69. The zero-order chi connectivity index (χ0) is 16.4. The first-order chi connectivity index (χ1) is 11.1. The quantitative estimate of drug-likeness (QED) is 0.780. The molecule has 0 saturated carbocycles. The monoisotopic (exact) mass is 319 g/mol. The smallest absolute Gasteiger partial charge is 0.326 e. The molecular weight excluding hydrogens is 294 g/mol. The van der Waals surface area contributed by atoms with Gasteiger partial charge in [0.15, 0.2) is 11.5 Å². The lowest BCUT2D eigenvalue weighted by Crippen LogP contribution is -2.48. The molecule has 2 aliphatic rings. The van der Waals surface area contributed by atoms with Crippen LogP contribution in [0.3, 0.4) is 0 Å². The molecule has 5 heteroatoms. The van der Waals surface area contributed by atoms with Crippen LogP contribution in [0, 0.1) is 0 Å². The average molecular weight is 319 g/mol. The standard InChI is InChI=1S/C18H25NO4/c1-13-12-18(17(20)23-13)8-4-9-19(18)10-7-14-5-6-15(21-2)16(11-14)22-3/h5-6,11,13H,4,7-10,12H2,1-3H3. The molecule has 2 heterocycles. The molecular formula is C18H25NO4. The van der Waals surface area contributed by atoms with Gasteiger partial charge < -0.3 is 14.2 Å². The van der Waals surface area contributed by atoms with Crippen molar-refractivity contribution in [2.75, 3.05) is 27.3 Å². The van der Waals surface area contributed by atoms with Crippen LogP contribution in [-0.2, 0) is 16.0 Å². The fourth-order valence-electron chi connectivity index (χ4n) is 3.92. The highest BCUT2D eigenvalue weighted by Crippen LogP contribution is 2.40. The number of hydrogen-bond donors (Lipinski definition) is 0. The maximum atomic E-state index is 12.3. The van der Waals surface area contributed by atoms with Crippen molar-refractivity contribution in [1.82, 2.24) is 4.90 Å². The Kier molecular flexibility index (Phi) is 4.48. The third kappa shape index (κ3) is 2.90.